The molecule has 1 rings (SSSR count). The van der Waals surface area contributed by atoms with E-state index in [1.807, 2.05) is 5.32 Å². The maximum absolute atomic E-state index is 13.7. The number of guanidine groups is 1. The summed E-state index contributed by atoms with van der Waals surface area (Å²) in [6, 6.07) is -8.92. The fraction of sp³-hybridized carbons (Fsp3) is 0.569. The van der Waals surface area contributed by atoms with Gasteiger partial charge in [0.15, 0.2) is 5.96 Å². The van der Waals surface area contributed by atoms with Crippen LogP contribution in [0.15, 0.2) is 29.3 Å². The molecule has 0 aliphatic carbocycles. The molecule has 0 bridgehead atoms. The van der Waals surface area contributed by atoms with Gasteiger partial charge in [0.25, 0.3) is 0 Å². The molecule has 0 aromatic heterocycles. The number of nitrogens with one attached hydrogen (secondary N) is 10. The molecule has 490 valence electrons. The molecule has 1 aromatic rings. The summed E-state index contributed by atoms with van der Waals surface area (Å²) in [6.07, 6.45) is -3.69. The van der Waals surface area contributed by atoms with Gasteiger partial charge in [0.2, 0.25) is 70.9 Å². The number of nitrogens with zero attached hydrogens (tertiary/aromatic N) is 1. The number of nitrogens with two attached hydrogens (primary N) is 6. The highest BCUT2D eigenvalue weighted by Gasteiger charge is 2.35. The molecule has 27 N–H and O–H groups in total. The third-order valence-electron chi connectivity index (χ3n) is 12.5. The van der Waals surface area contributed by atoms with Gasteiger partial charge in [-0.15, -0.1) is 0 Å². The SMILES string of the molecule is CC(C)[C@H](NC(=O)[C@H](CO)NC(=O)[C@H](CCC(=O)O)NC(=O)[C@H](CCCCN)NC(=O)[C@@H](N)Cc1ccc(O)cc1)C(=O)N[C@@H](CC(=O)O)C(=O)NCC(=O)N[C@@H](CCCN=C(N)N)C(=O)NCC(=O)N[C@@H](CC(N)=O)C(=O)N[C@@H](CCC(N)=O)C(=O)O. The third-order valence-corrected chi connectivity index (χ3v) is 12.5. The van der Waals surface area contributed by atoms with E-state index in [1.165, 1.54) is 38.1 Å². The fourth-order valence-electron chi connectivity index (χ4n) is 7.80. The summed E-state index contributed by atoms with van der Waals surface area (Å²) in [5, 5.41) is 70.7. The minimum Gasteiger partial charge on any atom is -0.508 e. The van der Waals surface area contributed by atoms with E-state index >= 15 is 0 Å². The maximum atomic E-state index is 13.7. The first-order valence-corrected chi connectivity index (χ1v) is 27.4. The molecular weight excluding hydrogens is 1170 g/mol. The van der Waals surface area contributed by atoms with Gasteiger partial charge in [0, 0.05) is 19.4 Å². The summed E-state index contributed by atoms with van der Waals surface area (Å²) in [4.78, 5) is 196. The minimum absolute atomic E-state index is 0.00604. The van der Waals surface area contributed by atoms with Gasteiger partial charge in [-0.25, -0.2) is 4.79 Å². The molecule has 12 amide bonds. The van der Waals surface area contributed by atoms with Gasteiger partial charge in [-0.05, 0) is 81.5 Å². The number of aliphatic hydroxyl groups excluding tert-OH is 1. The van der Waals surface area contributed by atoms with Crippen LogP contribution in [0.25, 0.3) is 0 Å². The Balaban J connectivity index is 3.22. The first kappa shape index (κ1) is 76.2. The first-order chi connectivity index (χ1) is 41.3. The second kappa shape index (κ2) is 39.8. The lowest BCUT2D eigenvalue weighted by Gasteiger charge is -2.28. The van der Waals surface area contributed by atoms with Crippen LogP contribution in [0.5, 0.6) is 5.75 Å². The monoisotopic (exact) mass is 1250 g/mol. The van der Waals surface area contributed by atoms with Gasteiger partial charge in [-0.2, -0.15) is 0 Å². The van der Waals surface area contributed by atoms with Crippen LogP contribution in [0.4, 0.5) is 0 Å². The molecule has 0 saturated heterocycles. The number of benzene rings is 1. The van der Waals surface area contributed by atoms with Crippen molar-refractivity contribution in [2.75, 3.05) is 32.8 Å². The van der Waals surface area contributed by atoms with Gasteiger partial charge < -0.3 is 113 Å². The summed E-state index contributed by atoms with van der Waals surface area (Å²) in [6.45, 7) is -0.127. The molecule has 0 aliphatic rings. The van der Waals surface area contributed by atoms with Crippen molar-refractivity contribution in [1.29, 1.82) is 0 Å². The lowest BCUT2D eigenvalue weighted by Crippen LogP contribution is -2.61. The molecule has 88 heavy (non-hydrogen) atoms. The lowest BCUT2D eigenvalue weighted by molar-refractivity contribution is -0.143. The summed E-state index contributed by atoms with van der Waals surface area (Å²) in [7, 11) is 0. The summed E-state index contributed by atoms with van der Waals surface area (Å²) in [5.41, 5.74) is 33.3. The standard InChI is InChI=1S/C51H81N17O20/c1-24(2)41(68-48(85)34(23-69)67-46(83)30(13-15-39(75)76)64-45(82)29(6-3-4-16-52)63-42(79)27(53)18-25-8-10-26(70)11-9-25)49(86)66-33(20-40(77)78)44(81)60-21-37(73)61-28(7-5-17-58-51(56)57)43(80)59-22-38(74)62-32(19-36(55)72)47(84)65-31(50(87)88)12-14-35(54)71/h8-11,24,27-34,41,69-70H,3-7,12-23,52-53H2,1-2H3,(H2,54,71)(H2,55,72)(H,59,80)(H,60,81)(H,61,73)(H,62,74)(H,63,79)(H,64,82)(H,65,84)(H,66,86)(H,67,83)(H,68,85)(H,75,76)(H,77,78)(H,87,88)(H4,56,57,58)/t27-,28-,29-,30-,31-,32-,33-,34-,41-/m0/s1. The van der Waals surface area contributed by atoms with Crippen molar-refractivity contribution < 1.29 is 97.5 Å². The van der Waals surface area contributed by atoms with Crippen molar-refractivity contribution in [3.8, 4) is 5.75 Å². The van der Waals surface area contributed by atoms with Crippen molar-refractivity contribution in [3.05, 3.63) is 29.8 Å². The number of phenols is 1. The number of hydrogen-bond donors (Lipinski definition) is 21. The number of phenolic OH excluding ortho intramolecular Hbond substituents is 1. The van der Waals surface area contributed by atoms with Crippen LogP contribution in [0.3, 0.4) is 0 Å². The molecular formula is C51H81N17O20. The smallest absolute Gasteiger partial charge is 0.326 e. The highest BCUT2D eigenvalue weighted by molar-refractivity contribution is 5.99. The van der Waals surface area contributed by atoms with Gasteiger partial charge in [0.1, 0.15) is 54.1 Å². The van der Waals surface area contributed by atoms with E-state index in [-0.39, 0.29) is 50.5 Å². The molecule has 0 saturated carbocycles. The number of hydrogen-bond acceptors (Lipinski definition) is 20. The Labute approximate surface area is 503 Å². The molecule has 0 fully saturated rings. The number of rotatable bonds is 43. The molecule has 0 spiro atoms. The molecule has 0 aliphatic heterocycles. The number of aliphatic imine (C=N–C) groups is 1. The van der Waals surface area contributed by atoms with E-state index in [2.05, 4.69) is 52.8 Å². The normalized spacial score (nSPS) is 13.9. The Kier molecular flexibility index (Phi) is 34.4. The minimum atomic E-state index is -1.97. The molecule has 1 aromatic carbocycles. The lowest BCUT2D eigenvalue weighted by atomic mass is 10.0. The molecule has 37 nitrogen and oxygen atoms in total. The van der Waals surface area contributed by atoms with Crippen LogP contribution >= 0.6 is 0 Å². The number of carboxylic acid groups (broad SMARTS) is 3. The number of aromatic hydroxyl groups is 1. The number of carbonyl (C=O) groups is 15. The number of unbranched alkanes of at least 4 members (excludes halogenated alkanes) is 1. The van der Waals surface area contributed by atoms with Crippen molar-refractivity contribution in [3.63, 3.8) is 0 Å². The average Bonchev–Trinajstić information content (AvgIpc) is 3.52. The Morgan fingerprint density at radius 2 is 0.966 bits per heavy atom. The van der Waals surface area contributed by atoms with Crippen molar-refractivity contribution in [1.82, 2.24) is 53.2 Å². The Morgan fingerprint density at radius 1 is 0.500 bits per heavy atom. The first-order valence-electron chi connectivity index (χ1n) is 27.4. The van der Waals surface area contributed by atoms with Gasteiger partial charge in [0.05, 0.1) is 38.6 Å². The predicted molar refractivity (Wildman–Crippen MR) is 305 cm³/mol. The van der Waals surface area contributed by atoms with Crippen LogP contribution in [-0.2, 0) is 78.3 Å². The van der Waals surface area contributed by atoms with E-state index in [9.17, 15) is 97.5 Å². The van der Waals surface area contributed by atoms with Gasteiger partial charge >= 0.3 is 17.9 Å². The van der Waals surface area contributed by atoms with Crippen LogP contribution in [0.2, 0.25) is 0 Å². The van der Waals surface area contributed by atoms with Gasteiger partial charge in [-0.1, -0.05) is 26.0 Å². The highest BCUT2D eigenvalue weighted by atomic mass is 16.4. The average molecular weight is 1250 g/mol. The zero-order valence-electron chi connectivity index (χ0n) is 48.4. The summed E-state index contributed by atoms with van der Waals surface area (Å²) >= 11 is 0. The molecule has 0 unspecified atom stereocenters. The fourth-order valence-corrected chi connectivity index (χ4v) is 7.80. The van der Waals surface area contributed by atoms with E-state index in [0.29, 0.717) is 18.4 Å². The van der Waals surface area contributed by atoms with Crippen LogP contribution in [0, 0.1) is 5.92 Å². The van der Waals surface area contributed by atoms with Crippen molar-refractivity contribution in [2.24, 2.45) is 45.3 Å². The Hall–Kier alpha value is -9.78. The number of primary amides is 2. The molecule has 0 radical (unpaired) electrons. The van der Waals surface area contributed by atoms with E-state index in [0.717, 1.165) is 0 Å². The Bertz CT molecular complexity index is 2660. The second-order valence-corrected chi connectivity index (χ2v) is 20.1. The van der Waals surface area contributed by atoms with Crippen LogP contribution in [0.1, 0.15) is 90.0 Å². The predicted octanol–water partition coefficient (Wildman–Crippen LogP) is -9.23. The quantitative estimate of drug-likeness (QED) is 0.0164. The van der Waals surface area contributed by atoms with Crippen molar-refractivity contribution in [2.45, 2.75) is 145 Å². The topological polar surface area (TPSA) is 646 Å². The number of carbonyl (C=O) groups excluding carboxylic acids is 12. The molecule has 0 heterocycles. The number of aliphatic carboxylic acids is 3. The summed E-state index contributed by atoms with van der Waals surface area (Å²) in [5.74, 6) is -19.0. The number of amides is 12. The van der Waals surface area contributed by atoms with E-state index in [1.54, 1.807) is 0 Å². The number of aliphatic hydroxyl groups is 1. The molecule has 37 heteroatoms. The third kappa shape index (κ3) is 30.9. The molecule has 9 atom stereocenters. The van der Waals surface area contributed by atoms with E-state index < -0.39 is 207 Å². The van der Waals surface area contributed by atoms with Crippen LogP contribution in [-0.4, -0.2) is 207 Å². The summed E-state index contributed by atoms with van der Waals surface area (Å²) < 4.78 is 0. The largest absolute Gasteiger partial charge is 0.508 e. The number of carboxylic acids is 3. The van der Waals surface area contributed by atoms with E-state index in [4.69, 9.17) is 34.4 Å². The zero-order valence-corrected chi connectivity index (χ0v) is 48.4. The van der Waals surface area contributed by atoms with Gasteiger partial charge in [-0.3, -0.25) is 72.1 Å². The second-order valence-electron chi connectivity index (χ2n) is 20.1. The maximum Gasteiger partial charge on any atom is 0.326 e. The highest BCUT2D eigenvalue weighted by Crippen LogP contribution is 2.13. The Morgan fingerprint density at radius 3 is 1.48 bits per heavy atom. The van der Waals surface area contributed by atoms with Crippen LogP contribution < -0.4 is 87.6 Å². The zero-order chi connectivity index (χ0) is 66.8. The van der Waals surface area contributed by atoms with Crippen molar-refractivity contribution >= 4 is 94.8 Å².